The molecule has 0 aliphatic heterocycles. The number of hydrogen-bond acceptors (Lipinski definition) is 3. The average molecular weight is 343 g/mol. The summed E-state index contributed by atoms with van der Waals surface area (Å²) in [6.07, 6.45) is -4.36. The van der Waals surface area contributed by atoms with Gasteiger partial charge >= 0.3 is 6.18 Å². The van der Waals surface area contributed by atoms with Crippen LogP contribution < -0.4 is 10.1 Å². The van der Waals surface area contributed by atoms with Crippen LogP contribution in [-0.4, -0.2) is 17.9 Å². The first-order valence-electron chi connectivity index (χ1n) is 7.25. The fourth-order valence-electron chi connectivity index (χ4n) is 2.08. The van der Waals surface area contributed by atoms with Crippen LogP contribution in [0.3, 0.4) is 0 Å². The van der Waals surface area contributed by atoms with Gasteiger partial charge in [-0.05, 0) is 35.4 Å². The zero-order valence-electron chi connectivity index (χ0n) is 12.7. The molecule has 24 heavy (non-hydrogen) atoms. The second kappa shape index (κ2) is 8.12. The third-order valence-electron chi connectivity index (χ3n) is 3.26. The molecule has 2 N–H and O–H groups in total. The fourth-order valence-corrected chi connectivity index (χ4v) is 2.08. The molecule has 0 spiro atoms. The highest BCUT2D eigenvalue weighted by Gasteiger charge is 2.28. The smallest absolute Gasteiger partial charge is 0.422 e. The predicted octanol–water partition coefficient (Wildman–Crippen LogP) is 3.55. The van der Waals surface area contributed by atoms with Crippen LogP contribution in [-0.2, 0) is 19.7 Å². The second-order valence-electron chi connectivity index (χ2n) is 5.24. The molecule has 0 bridgehead atoms. The van der Waals surface area contributed by atoms with Gasteiger partial charge in [0.15, 0.2) is 6.61 Å². The van der Waals surface area contributed by atoms with Gasteiger partial charge in [0.1, 0.15) is 11.6 Å². The van der Waals surface area contributed by atoms with Gasteiger partial charge < -0.3 is 15.2 Å². The normalized spacial score (nSPS) is 11.5. The Labute approximate surface area is 136 Å². The molecule has 0 fully saturated rings. The summed E-state index contributed by atoms with van der Waals surface area (Å²) < 4.78 is 54.1. The third kappa shape index (κ3) is 5.82. The quantitative estimate of drug-likeness (QED) is 0.756. The number of hydrogen-bond donors (Lipinski definition) is 2. The van der Waals surface area contributed by atoms with E-state index in [0.717, 1.165) is 11.1 Å². The van der Waals surface area contributed by atoms with E-state index in [1.807, 2.05) is 0 Å². The number of benzene rings is 2. The third-order valence-corrected chi connectivity index (χ3v) is 3.26. The van der Waals surface area contributed by atoms with Crippen molar-refractivity contribution in [3.63, 3.8) is 0 Å². The molecule has 130 valence electrons. The number of halogens is 4. The Morgan fingerprint density at radius 2 is 1.58 bits per heavy atom. The largest absolute Gasteiger partial charge is 0.484 e. The maximum Gasteiger partial charge on any atom is 0.422 e. The van der Waals surface area contributed by atoms with Crippen molar-refractivity contribution >= 4 is 0 Å². The number of ether oxygens (including phenoxy) is 1. The number of rotatable bonds is 7. The van der Waals surface area contributed by atoms with Gasteiger partial charge in [-0.3, -0.25) is 0 Å². The van der Waals surface area contributed by atoms with Crippen LogP contribution >= 0.6 is 0 Å². The minimum atomic E-state index is -4.36. The van der Waals surface area contributed by atoms with Gasteiger partial charge in [-0.1, -0.05) is 18.2 Å². The van der Waals surface area contributed by atoms with Gasteiger partial charge in [0.25, 0.3) is 0 Å². The molecule has 0 amide bonds. The van der Waals surface area contributed by atoms with E-state index >= 15 is 0 Å². The first-order chi connectivity index (χ1) is 11.4. The van der Waals surface area contributed by atoms with Crippen LogP contribution in [0.4, 0.5) is 17.6 Å². The Hall–Kier alpha value is -2.12. The van der Waals surface area contributed by atoms with Gasteiger partial charge in [-0.25, -0.2) is 4.39 Å². The van der Waals surface area contributed by atoms with Crippen molar-refractivity contribution in [2.45, 2.75) is 25.9 Å². The van der Waals surface area contributed by atoms with E-state index in [1.54, 1.807) is 24.3 Å². The maximum absolute atomic E-state index is 13.3. The van der Waals surface area contributed by atoms with E-state index in [4.69, 9.17) is 5.11 Å². The molecule has 3 nitrogen and oxygen atoms in total. The molecule has 2 aromatic rings. The molecular weight excluding hydrogens is 326 g/mol. The van der Waals surface area contributed by atoms with Gasteiger partial charge in [0, 0.05) is 18.7 Å². The van der Waals surface area contributed by atoms with Crippen molar-refractivity contribution in [2.24, 2.45) is 0 Å². The monoisotopic (exact) mass is 343 g/mol. The Kier molecular flexibility index (Phi) is 6.16. The highest BCUT2D eigenvalue weighted by Crippen LogP contribution is 2.19. The molecule has 0 aromatic heterocycles. The van der Waals surface area contributed by atoms with Crippen molar-refractivity contribution in [2.75, 3.05) is 6.61 Å². The van der Waals surface area contributed by atoms with Gasteiger partial charge in [0.05, 0.1) is 6.61 Å². The first kappa shape index (κ1) is 18.2. The Balaban J connectivity index is 1.82. The minimum Gasteiger partial charge on any atom is -0.484 e. The lowest BCUT2D eigenvalue weighted by Gasteiger charge is -2.10. The summed E-state index contributed by atoms with van der Waals surface area (Å²) in [6, 6.07) is 10.8. The second-order valence-corrected chi connectivity index (χ2v) is 5.24. The van der Waals surface area contributed by atoms with Crippen LogP contribution in [0.2, 0.25) is 0 Å². The summed E-state index contributed by atoms with van der Waals surface area (Å²) in [5, 5.41) is 12.2. The molecule has 2 rings (SSSR count). The first-order valence-corrected chi connectivity index (χ1v) is 7.25. The Morgan fingerprint density at radius 1 is 0.958 bits per heavy atom. The predicted molar refractivity (Wildman–Crippen MR) is 80.9 cm³/mol. The van der Waals surface area contributed by atoms with Crippen LogP contribution in [0.1, 0.15) is 16.7 Å². The van der Waals surface area contributed by atoms with E-state index in [9.17, 15) is 17.6 Å². The summed E-state index contributed by atoms with van der Waals surface area (Å²) in [7, 11) is 0. The molecule has 0 atom stereocenters. The number of aliphatic hydroxyl groups excluding tert-OH is 1. The molecule has 0 saturated carbocycles. The molecule has 0 aliphatic rings. The van der Waals surface area contributed by atoms with Crippen LogP contribution in [0, 0.1) is 5.82 Å². The molecule has 7 heteroatoms. The fraction of sp³-hybridized carbons (Fsp3) is 0.294. The van der Waals surface area contributed by atoms with E-state index in [1.165, 1.54) is 18.2 Å². The molecule has 0 unspecified atom stereocenters. The van der Waals surface area contributed by atoms with Crippen LogP contribution in [0.25, 0.3) is 0 Å². The zero-order chi connectivity index (χ0) is 17.6. The van der Waals surface area contributed by atoms with Crippen LogP contribution in [0.15, 0.2) is 42.5 Å². The summed E-state index contributed by atoms with van der Waals surface area (Å²) >= 11 is 0. The van der Waals surface area contributed by atoms with Crippen molar-refractivity contribution in [1.29, 1.82) is 0 Å². The Bertz CT molecular complexity index is 657. The highest BCUT2D eigenvalue weighted by atomic mass is 19.4. The molecule has 0 aliphatic carbocycles. The number of alkyl halides is 3. The van der Waals surface area contributed by atoms with E-state index < -0.39 is 18.6 Å². The van der Waals surface area contributed by atoms with Crippen molar-refractivity contribution in [3.8, 4) is 5.75 Å². The zero-order valence-corrected chi connectivity index (χ0v) is 12.7. The van der Waals surface area contributed by atoms with E-state index in [-0.39, 0.29) is 17.9 Å². The van der Waals surface area contributed by atoms with E-state index in [2.05, 4.69) is 10.1 Å². The molecule has 0 radical (unpaired) electrons. The van der Waals surface area contributed by atoms with Crippen molar-refractivity contribution in [1.82, 2.24) is 5.32 Å². The number of aliphatic hydroxyl groups is 1. The minimum absolute atomic E-state index is 0.155. The summed E-state index contributed by atoms with van der Waals surface area (Å²) in [5.74, 6) is -0.294. The molecule has 2 aromatic carbocycles. The van der Waals surface area contributed by atoms with Crippen molar-refractivity contribution < 1.29 is 27.4 Å². The average Bonchev–Trinajstić information content (AvgIpc) is 2.55. The molecular formula is C17H17F4NO2. The molecule has 0 heterocycles. The van der Waals surface area contributed by atoms with Gasteiger partial charge in [-0.2, -0.15) is 13.2 Å². The maximum atomic E-state index is 13.3. The van der Waals surface area contributed by atoms with Crippen LogP contribution in [0.5, 0.6) is 5.75 Å². The Morgan fingerprint density at radius 3 is 2.21 bits per heavy atom. The summed E-state index contributed by atoms with van der Waals surface area (Å²) in [5.41, 5.74) is 1.94. The lowest BCUT2D eigenvalue weighted by atomic mass is 10.1. The lowest BCUT2D eigenvalue weighted by molar-refractivity contribution is -0.153. The SMILES string of the molecule is OCc1cc(CNCc2ccc(OCC(F)(F)F)cc2)ccc1F. The van der Waals surface area contributed by atoms with Crippen molar-refractivity contribution in [3.05, 3.63) is 65.0 Å². The van der Waals surface area contributed by atoms with E-state index in [0.29, 0.717) is 13.1 Å². The summed E-state index contributed by atoms with van der Waals surface area (Å²) in [4.78, 5) is 0. The standard InChI is InChI=1S/C17H17F4NO2/c18-16-6-3-13(7-14(16)10-23)9-22-8-12-1-4-15(5-2-12)24-11-17(19,20)21/h1-7,22-23H,8-11H2. The van der Waals surface area contributed by atoms with Gasteiger partial charge in [0.2, 0.25) is 0 Å². The number of nitrogens with one attached hydrogen (secondary N) is 1. The lowest BCUT2D eigenvalue weighted by Crippen LogP contribution is -2.19. The molecule has 0 saturated heterocycles. The van der Waals surface area contributed by atoms with Gasteiger partial charge in [-0.15, -0.1) is 0 Å². The highest BCUT2D eigenvalue weighted by molar-refractivity contribution is 5.28. The topological polar surface area (TPSA) is 41.5 Å². The summed E-state index contributed by atoms with van der Waals surface area (Å²) in [6.45, 7) is -0.716.